The first kappa shape index (κ1) is 12.2. The molecule has 0 amide bonds. The zero-order valence-corrected chi connectivity index (χ0v) is 10.7. The van der Waals surface area contributed by atoms with E-state index >= 15 is 0 Å². The highest BCUT2D eigenvalue weighted by molar-refractivity contribution is 5.96. The fraction of sp³-hybridized carbons (Fsp3) is 0.429. The molecular formula is C14H15NO4. The minimum atomic E-state index is -0.359. The van der Waals surface area contributed by atoms with Crippen LogP contribution in [0.4, 0.5) is 0 Å². The van der Waals surface area contributed by atoms with Gasteiger partial charge < -0.3 is 9.15 Å². The number of aromatic nitrogens is 1. The number of carbonyl (C=O) groups excluding carboxylic acids is 1. The van der Waals surface area contributed by atoms with E-state index in [0.29, 0.717) is 24.4 Å². The maximum absolute atomic E-state index is 12.0. The Labute approximate surface area is 109 Å². The number of fused-ring (bicyclic) bond motifs is 1. The third-order valence-electron chi connectivity index (χ3n) is 3.58. The normalized spacial score (nSPS) is 16.9. The molecule has 3 rings (SSSR count). The minimum absolute atomic E-state index is 0.0386. The van der Waals surface area contributed by atoms with Crippen LogP contribution in [0, 0.1) is 0 Å². The van der Waals surface area contributed by atoms with Crippen molar-refractivity contribution >= 4 is 16.9 Å². The lowest BCUT2D eigenvalue weighted by molar-refractivity contribution is 0.0688. The number of benzene rings is 1. The molecule has 0 radical (unpaired) electrons. The highest BCUT2D eigenvalue weighted by atomic mass is 16.5. The summed E-state index contributed by atoms with van der Waals surface area (Å²) in [6, 6.07) is 5.27. The molecule has 19 heavy (non-hydrogen) atoms. The molecule has 100 valence electrons. The number of hydrogen-bond donors (Lipinski definition) is 0. The average Bonchev–Trinajstić information content (AvgIpc) is 2.74. The Morgan fingerprint density at radius 3 is 2.74 bits per heavy atom. The summed E-state index contributed by atoms with van der Waals surface area (Å²) in [4.78, 5) is 23.3. The molecule has 1 aliphatic rings. The molecule has 1 saturated heterocycles. The van der Waals surface area contributed by atoms with Crippen molar-refractivity contribution in [3.63, 3.8) is 0 Å². The number of oxazole rings is 1. The van der Waals surface area contributed by atoms with E-state index in [2.05, 4.69) is 0 Å². The lowest BCUT2D eigenvalue weighted by atomic mass is 10.1. The highest BCUT2D eigenvalue weighted by Crippen LogP contribution is 2.25. The van der Waals surface area contributed by atoms with Gasteiger partial charge in [-0.15, -0.1) is 0 Å². The van der Waals surface area contributed by atoms with Crippen LogP contribution in [0.5, 0.6) is 0 Å². The maximum Gasteiger partial charge on any atom is 0.420 e. The Kier molecular flexibility index (Phi) is 2.98. The van der Waals surface area contributed by atoms with E-state index in [1.165, 1.54) is 6.92 Å². The predicted molar refractivity (Wildman–Crippen MR) is 69.6 cm³/mol. The summed E-state index contributed by atoms with van der Waals surface area (Å²) < 4.78 is 12.2. The number of carbonyl (C=O) groups is 1. The summed E-state index contributed by atoms with van der Waals surface area (Å²) >= 11 is 0. The number of hydrogen-bond acceptors (Lipinski definition) is 4. The van der Waals surface area contributed by atoms with E-state index in [9.17, 15) is 9.59 Å². The maximum atomic E-state index is 12.0. The largest absolute Gasteiger partial charge is 0.420 e. The first-order valence-electron chi connectivity index (χ1n) is 6.40. The van der Waals surface area contributed by atoms with Gasteiger partial charge in [-0.3, -0.25) is 9.36 Å². The fourth-order valence-corrected chi connectivity index (χ4v) is 2.54. The molecule has 0 spiro atoms. The zero-order valence-electron chi connectivity index (χ0n) is 10.7. The van der Waals surface area contributed by atoms with Crippen molar-refractivity contribution in [2.75, 3.05) is 13.2 Å². The molecule has 0 unspecified atom stereocenters. The molecule has 1 aromatic heterocycles. The molecule has 0 N–H and O–H groups in total. The molecule has 2 heterocycles. The first-order chi connectivity index (χ1) is 9.16. The van der Waals surface area contributed by atoms with Gasteiger partial charge in [0.1, 0.15) is 0 Å². The van der Waals surface area contributed by atoms with E-state index in [0.717, 1.165) is 18.4 Å². The number of rotatable bonds is 2. The number of ether oxygens (including phenoxy) is 1. The summed E-state index contributed by atoms with van der Waals surface area (Å²) in [6.07, 6.45) is 1.62. The molecule has 5 heteroatoms. The second-order valence-electron chi connectivity index (χ2n) is 4.82. The van der Waals surface area contributed by atoms with Crippen LogP contribution in [0.15, 0.2) is 27.4 Å². The van der Waals surface area contributed by atoms with Gasteiger partial charge in [0.05, 0.1) is 5.52 Å². The van der Waals surface area contributed by atoms with Gasteiger partial charge in [0.15, 0.2) is 11.4 Å². The van der Waals surface area contributed by atoms with E-state index in [4.69, 9.17) is 9.15 Å². The Morgan fingerprint density at radius 2 is 2.05 bits per heavy atom. The summed E-state index contributed by atoms with van der Waals surface area (Å²) in [5.41, 5.74) is 1.78. The summed E-state index contributed by atoms with van der Waals surface area (Å²) in [7, 11) is 0. The Bertz CT molecular complexity index is 676. The van der Waals surface area contributed by atoms with Crippen molar-refractivity contribution < 1.29 is 13.9 Å². The van der Waals surface area contributed by atoms with Gasteiger partial charge in [-0.2, -0.15) is 0 Å². The zero-order chi connectivity index (χ0) is 13.4. The van der Waals surface area contributed by atoms with Crippen LogP contribution in [0.25, 0.3) is 11.1 Å². The summed E-state index contributed by atoms with van der Waals surface area (Å²) in [6.45, 7) is 2.82. The van der Waals surface area contributed by atoms with Crippen LogP contribution in [-0.4, -0.2) is 23.6 Å². The van der Waals surface area contributed by atoms with Gasteiger partial charge in [0, 0.05) is 24.8 Å². The van der Waals surface area contributed by atoms with Crippen LogP contribution in [0.1, 0.15) is 36.2 Å². The molecule has 0 atom stereocenters. The van der Waals surface area contributed by atoms with Crippen molar-refractivity contribution in [1.82, 2.24) is 4.57 Å². The van der Waals surface area contributed by atoms with Crippen LogP contribution < -0.4 is 5.76 Å². The van der Waals surface area contributed by atoms with Gasteiger partial charge in [0.2, 0.25) is 0 Å². The molecule has 0 aliphatic carbocycles. The third-order valence-corrected chi connectivity index (χ3v) is 3.58. The van der Waals surface area contributed by atoms with Gasteiger partial charge >= 0.3 is 5.76 Å². The quantitative estimate of drug-likeness (QED) is 0.777. The molecular weight excluding hydrogens is 246 g/mol. The van der Waals surface area contributed by atoms with Crippen LogP contribution in [-0.2, 0) is 4.74 Å². The average molecular weight is 261 g/mol. The molecule has 1 aliphatic heterocycles. The van der Waals surface area contributed by atoms with E-state index in [1.54, 1.807) is 22.8 Å². The number of nitrogens with zero attached hydrogens (tertiary/aromatic N) is 1. The monoisotopic (exact) mass is 261 g/mol. The number of Topliss-reactive ketones (excluding diaryl/α,β-unsaturated/α-hetero) is 1. The topological polar surface area (TPSA) is 61.4 Å². The van der Waals surface area contributed by atoms with Crippen LogP contribution in [0.3, 0.4) is 0 Å². The molecule has 1 fully saturated rings. The number of ketones is 1. The molecule has 1 aromatic carbocycles. The van der Waals surface area contributed by atoms with Gasteiger partial charge in [-0.1, -0.05) is 0 Å². The molecule has 0 bridgehead atoms. The second kappa shape index (κ2) is 4.66. The molecule has 5 nitrogen and oxygen atoms in total. The van der Waals surface area contributed by atoms with Gasteiger partial charge in [-0.05, 0) is 38.0 Å². The van der Waals surface area contributed by atoms with Gasteiger partial charge in [0.25, 0.3) is 0 Å². The van der Waals surface area contributed by atoms with Crippen molar-refractivity contribution in [3.05, 3.63) is 34.3 Å². The Morgan fingerprint density at radius 1 is 1.32 bits per heavy atom. The van der Waals surface area contributed by atoms with E-state index in [1.807, 2.05) is 0 Å². The smallest absolute Gasteiger partial charge is 0.408 e. The van der Waals surface area contributed by atoms with Gasteiger partial charge in [-0.25, -0.2) is 4.79 Å². The van der Waals surface area contributed by atoms with E-state index in [-0.39, 0.29) is 17.6 Å². The lowest BCUT2D eigenvalue weighted by Gasteiger charge is -2.22. The fourth-order valence-electron chi connectivity index (χ4n) is 2.54. The standard InChI is InChI=1S/C14H15NO4/c1-9(16)10-2-3-12-13(8-10)19-14(17)15(12)11-4-6-18-7-5-11/h2-3,8,11H,4-7H2,1H3. The van der Waals surface area contributed by atoms with Crippen molar-refractivity contribution in [1.29, 1.82) is 0 Å². The lowest BCUT2D eigenvalue weighted by Crippen LogP contribution is -2.26. The van der Waals surface area contributed by atoms with E-state index < -0.39 is 0 Å². The minimum Gasteiger partial charge on any atom is -0.408 e. The Hall–Kier alpha value is -1.88. The van der Waals surface area contributed by atoms with Crippen molar-refractivity contribution in [3.8, 4) is 0 Å². The van der Waals surface area contributed by atoms with Crippen LogP contribution in [0.2, 0.25) is 0 Å². The summed E-state index contributed by atoms with van der Waals surface area (Å²) in [5, 5.41) is 0. The SMILES string of the molecule is CC(=O)c1ccc2c(c1)oc(=O)n2C1CCOCC1. The van der Waals surface area contributed by atoms with Crippen molar-refractivity contribution in [2.24, 2.45) is 0 Å². The molecule has 2 aromatic rings. The first-order valence-corrected chi connectivity index (χ1v) is 6.40. The van der Waals surface area contributed by atoms with Crippen molar-refractivity contribution in [2.45, 2.75) is 25.8 Å². The molecule has 0 saturated carbocycles. The Balaban J connectivity index is 2.11. The second-order valence-corrected chi connectivity index (χ2v) is 4.82. The summed E-state index contributed by atoms with van der Waals surface area (Å²) in [5.74, 6) is -0.397. The van der Waals surface area contributed by atoms with Crippen LogP contribution >= 0.6 is 0 Å². The highest BCUT2D eigenvalue weighted by Gasteiger charge is 2.21. The third kappa shape index (κ3) is 2.10. The predicted octanol–water partition coefficient (Wildman–Crippen LogP) is 2.15.